The first kappa shape index (κ1) is 19.9. The highest BCUT2D eigenvalue weighted by Crippen LogP contribution is 2.28. The van der Waals surface area contributed by atoms with Crippen molar-refractivity contribution >= 4 is 15.9 Å². The first-order valence-electron chi connectivity index (χ1n) is 8.62. The van der Waals surface area contributed by atoms with Gasteiger partial charge in [-0.15, -0.1) is 0 Å². The van der Waals surface area contributed by atoms with E-state index < -0.39 is 11.9 Å². The van der Waals surface area contributed by atoms with E-state index in [1.54, 1.807) is 24.3 Å². The Kier molecular flexibility index (Phi) is 8.38. The molecule has 0 fully saturated rings. The lowest BCUT2D eigenvalue weighted by Gasteiger charge is -2.14. The molecule has 0 aliphatic carbocycles. The summed E-state index contributed by atoms with van der Waals surface area (Å²) in [4.78, 5) is 0. The summed E-state index contributed by atoms with van der Waals surface area (Å²) in [5, 5.41) is 13.5. The largest absolute Gasteiger partial charge is 0.493 e. The highest BCUT2D eigenvalue weighted by molar-refractivity contribution is 9.10. The quantitative estimate of drug-likeness (QED) is 0.552. The minimum absolute atomic E-state index is 0.252. The maximum Gasteiger partial charge on any atom is 0.133 e. The van der Waals surface area contributed by atoms with Crippen LogP contribution in [0.5, 0.6) is 5.75 Å². The molecule has 1 unspecified atom stereocenters. The van der Waals surface area contributed by atoms with Crippen molar-refractivity contribution in [2.45, 2.75) is 31.8 Å². The van der Waals surface area contributed by atoms with Gasteiger partial charge in [0.25, 0.3) is 0 Å². The molecule has 1 atom stereocenters. The molecular weight excluding hydrogens is 385 g/mol. The first-order valence-corrected chi connectivity index (χ1v) is 9.41. The second-order valence-corrected chi connectivity index (χ2v) is 6.92. The Morgan fingerprint density at radius 1 is 1.08 bits per heavy atom. The average Bonchev–Trinajstić information content (AvgIpc) is 2.61. The molecule has 0 aliphatic heterocycles. The van der Waals surface area contributed by atoms with Gasteiger partial charge in [0.2, 0.25) is 0 Å². The number of aliphatic hydroxyl groups excluding tert-OH is 1. The molecule has 2 aromatic carbocycles. The highest BCUT2D eigenvalue weighted by atomic mass is 79.9. The van der Waals surface area contributed by atoms with E-state index in [1.165, 1.54) is 6.07 Å². The molecule has 0 saturated carbocycles. The van der Waals surface area contributed by atoms with Gasteiger partial charge in [0.1, 0.15) is 17.7 Å². The molecule has 0 heterocycles. The van der Waals surface area contributed by atoms with Crippen molar-refractivity contribution in [3.05, 3.63) is 63.9 Å². The number of rotatable bonds is 10. The molecule has 0 spiro atoms. The molecule has 5 heteroatoms. The summed E-state index contributed by atoms with van der Waals surface area (Å²) in [5.74, 6) is 0.0430. The van der Waals surface area contributed by atoms with Gasteiger partial charge in [0.05, 0.1) is 6.61 Å². The Morgan fingerprint density at radius 2 is 1.80 bits per heavy atom. The third-order valence-corrected chi connectivity index (χ3v) is 4.57. The van der Waals surface area contributed by atoms with E-state index in [1.807, 2.05) is 19.2 Å². The van der Waals surface area contributed by atoms with E-state index >= 15 is 0 Å². The van der Waals surface area contributed by atoms with Crippen LogP contribution in [0, 0.1) is 5.82 Å². The van der Waals surface area contributed by atoms with E-state index in [0.29, 0.717) is 17.9 Å². The molecule has 2 N–H and O–H groups in total. The van der Waals surface area contributed by atoms with Crippen LogP contribution in [0.15, 0.2) is 46.9 Å². The number of nitrogens with one attached hydrogen (secondary N) is 1. The topological polar surface area (TPSA) is 41.5 Å². The van der Waals surface area contributed by atoms with Gasteiger partial charge in [-0.2, -0.15) is 0 Å². The number of ether oxygens (including phenoxy) is 1. The second-order valence-electron chi connectivity index (χ2n) is 6.00. The molecule has 25 heavy (non-hydrogen) atoms. The lowest BCUT2D eigenvalue weighted by molar-refractivity contribution is 0.214. The summed E-state index contributed by atoms with van der Waals surface area (Å²) in [6.07, 6.45) is 3.39. The van der Waals surface area contributed by atoms with Crippen LogP contribution in [0.1, 0.15) is 42.9 Å². The van der Waals surface area contributed by atoms with E-state index in [-0.39, 0.29) is 5.56 Å². The molecule has 0 saturated heterocycles. The maximum atomic E-state index is 14.3. The van der Waals surface area contributed by atoms with Gasteiger partial charge in [-0.1, -0.05) is 40.9 Å². The zero-order valence-corrected chi connectivity index (χ0v) is 16.1. The molecule has 3 nitrogen and oxygen atoms in total. The molecule has 136 valence electrons. The number of aliphatic hydroxyl groups is 1. The maximum absolute atomic E-state index is 14.3. The zero-order chi connectivity index (χ0) is 18.1. The Morgan fingerprint density at radius 3 is 2.48 bits per heavy atom. The third-order valence-electron chi connectivity index (χ3n) is 4.04. The summed E-state index contributed by atoms with van der Waals surface area (Å²) in [7, 11) is 1.95. The van der Waals surface area contributed by atoms with Crippen LogP contribution < -0.4 is 10.1 Å². The standard InChI is InChI=1S/C20H25BrFNO2/c1-23-12-4-2-3-5-13-25-17-10-11-18(19(22)14-17)20(24)15-6-8-16(21)9-7-15/h6-11,14,20,23-24H,2-5,12-13H2,1H3. The van der Waals surface area contributed by atoms with Crippen molar-refractivity contribution < 1.29 is 14.2 Å². The number of hydrogen-bond acceptors (Lipinski definition) is 3. The minimum atomic E-state index is -0.991. The van der Waals surface area contributed by atoms with Crippen molar-refractivity contribution in [3.63, 3.8) is 0 Å². The van der Waals surface area contributed by atoms with E-state index in [4.69, 9.17) is 4.74 Å². The fourth-order valence-electron chi connectivity index (χ4n) is 2.59. The smallest absolute Gasteiger partial charge is 0.133 e. The van der Waals surface area contributed by atoms with Gasteiger partial charge < -0.3 is 15.2 Å². The fourth-order valence-corrected chi connectivity index (χ4v) is 2.86. The average molecular weight is 410 g/mol. The van der Waals surface area contributed by atoms with Crippen LogP contribution in [0.3, 0.4) is 0 Å². The predicted octanol–water partition coefficient (Wildman–Crippen LogP) is 4.83. The predicted molar refractivity (Wildman–Crippen MR) is 102 cm³/mol. The summed E-state index contributed by atoms with van der Waals surface area (Å²) < 4.78 is 20.8. The fraction of sp³-hybridized carbons (Fsp3) is 0.400. The van der Waals surface area contributed by atoms with Crippen molar-refractivity contribution in [2.75, 3.05) is 20.2 Å². The Hall–Kier alpha value is -1.43. The van der Waals surface area contributed by atoms with Crippen molar-refractivity contribution in [2.24, 2.45) is 0 Å². The summed E-state index contributed by atoms with van der Waals surface area (Å²) in [6, 6.07) is 11.8. The van der Waals surface area contributed by atoms with E-state index in [9.17, 15) is 9.50 Å². The highest BCUT2D eigenvalue weighted by Gasteiger charge is 2.15. The minimum Gasteiger partial charge on any atom is -0.493 e. The van der Waals surface area contributed by atoms with Crippen LogP contribution in [0.25, 0.3) is 0 Å². The molecule has 2 rings (SSSR count). The molecule has 0 aromatic heterocycles. The van der Waals surface area contributed by atoms with Crippen LogP contribution >= 0.6 is 15.9 Å². The van der Waals surface area contributed by atoms with Crippen molar-refractivity contribution in [1.29, 1.82) is 0 Å². The van der Waals surface area contributed by atoms with E-state index in [2.05, 4.69) is 21.2 Å². The van der Waals surface area contributed by atoms with Crippen LogP contribution in [0.4, 0.5) is 4.39 Å². The lowest BCUT2D eigenvalue weighted by atomic mass is 10.0. The van der Waals surface area contributed by atoms with Crippen LogP contribution in [0.2, 0.25) is 0 Å². The Balaban J connectivity index is 1.86. The van der Waals surface area contributed by atoms with Gasteiger partial charge in [-0.05, 0) is 56.3 Å². The number of halogens is 2. The van der Waals surface area contributed by atoms with Crippen LogP contribution in [-0.2, 0) is 0 Å². The zero-order valence-electron chi connectivity index (χ0n) is 14.5. The second kappa shape index (κ2) is 10.5. The van der Waals surface area contributed by atoms with Gasteiger partial charge in [-0.25, -0.2) is 4.39 Å². The molecule has 0 amide bonds. The number of benzene rings is 2. The summed E-state index contributed by atoms with van der Waals surface area (Å²) in [6.45, 7) is 1.61. The summed E-state index contributed by atoms with van der Waals surface area (Å²) >= 11 is 3.35. The van der Waals surface area contributed by atoms with Gasteiger partial charge in [0, 0.05) is 16.1 Å². The van der Waals surface area contributed by atoms with Gasteiger partial charge >= 0.3 is 0 Å². The molecule has 0 radical (unpaired) electrons. The number of unbranched alkanes of at least 4 members (excludes halogenated alkanes) is 3. The monoisotopic (exact) mass is 409 g/mol. The first-order chi connectivity index (χ1) is 12.1. The molecule has 0 aliphatic rings. The Labute approximate surface area is 157 Å². The van der Waals surface area contributed by atoms with E-state index in [0.717, 1.165) is 36.7 Å². The Bertz CT molecular complexity index is 649. The molecule has 0 bridgehead atoms. The van der Waals surface area contributed by atoms with Gasteiger partial charge in [-0.3, -0.25) is 0 Å². The van der Waals surface area contributed by atoms with Crippen molar-refractivity contribution in [3.8, 4) is 5.75 Å². The SMILES string of the molecule is CNCCCCCCOc1ccc(C(O)c2ccc(Br)cc2)c(F)c1. The molecule has 2 aromatic rings. The summed E-state index contributed by atoms with van der Waals surface area (Å²) in [5.41, 5.74) is 0.902. The molecular formula is C20H25BrFNO2. The lowest BCUT2D eigenvalue weighted by Crippen LogP contribution is -2.07. The van der Waals surface area contributed by atoms with Crippen molar-refractivity contribution in [1.82, 2.24) is 5.32 Å². The van der Waals surface area contributed by atoms with Gasteiger partial charge in [0.15, 0.2) is 0 Å². The van der Waals surface area contributed by atoms with Crippen LogP contribution in [-0.4, -0.2) is 25.3 Å². The normalized spacial score (nSPS) is 12.2. The number of hydrogen-bond donors (Lipinski definition) is 2. The third kappa shape index (κ3) is 6.42.